The van der Waals surface area contributed by atoms with E-state index in [4.69, 9.17) is 4.74 Å². The highest BCUT2D eigenvalue weighted by atomic mass is 19.2. The van der Waals surface area contributed by atoms with Crippen LogP contribution in [0.2, 0.25) is 0 Å². The van der Waals surface area contributed by atoms with Crippen LogP contribution in [0.25, 0.3) is 0 Å². The van der Waals surface area contributed by atoms with Crippen LogP contribution in [0.1, 0.15) is 36.0 Å². The van der Waals surface area contributed by atoms with Crippen LogP contribution < -0.4 is 0 Å². The molecule has 1 unspecified atom stereocenters. The largest absolute Gasteiger partial charge is 0.458 e. The zero-order valence-electron chi connectivity index (χ0n) is 17.0. The Kier molecular flexibility index (Phi) is 6.45. The highest BCUT2D eigenvalue weighted by molar-refractivity contribution is 5.95. The van der Waals surface area contributed by atoms with E-state index in [0.29, 0.717) is 16.8 Å². The highest BCUT2D eigenvalue weighted by Crippen LogP contribution is 2.38. The van der Waals surface area contributed by atoms with Gasteiger partial charge in [-0.05, 0) is 37.1 Å². The van der Waals surface area contributed by atoms with Gasteiger partial charge < -0.3 is 9.64 Å². The van der Waals surface area contributed by atoms with E-state index in [1.54, 1.807) is 6.92 Å². The molecule has 1 aliphatic heterocycles. The summed E-state index contributed by atoms with van der Waals surface area (Å²) in [6.07, 6.45) is 1.55. The SMILES string of the molecule is C=CCOC(=O)C1=C(C)N(Cc2ccc(F)c(F)c2)C(=O)CC1c1cccc(C)c1. The maximum atomic E-state index is 13.6. The normalized spacial score (nSPS) is 16.6. The van der Waals surface area contributed by atoms with Crippen LogP contribution in [0.15, 0.2) is 66.4 Å². The number of halogens is 2. The van der Waals surface area contributed by atoms with Gasteiger partial charge in [0.2, 0.25) is 5.91 Å². The molecule has 156 valence electrons. The van der Waals surface area contributed by atoms with Crippen LogP contribution >= 0.6 is 0 Å². The summed E-state index contributed by atoms with van der Waals surface area (Å²) < 4.78 is 32.2. The van der Waals surface area contributed by atoms with Crippen molar-refractivity contribution in [3.05, 3.63) is 94.7 Å². The summed E-state index contributed by atoms with van der Waals surface area (Å²) in [5.41, 5.74) is 3.11. The molecule has 0 saturated heterocycles. The van der Waals surface area contributed by atoms with Gasteiger partial charge in [0.1, 0.15) is 6.61 Å². The van der Waals surface area contributed by atoms with Crippen LogP contribution in [0.4, 0.5) is 8.78 Å². The molecule has 3 rings (SSSR count). The summed E-state index contributed by atoms with van der Waals surface area (Å²) in [6, 6.07) is 11.1. The van der Waals surface area contributed by atoms with Gasteiger partial charge in [0.15, 0.2) is 11.6 Å². The number of hydrogen-bond acceptors (Lipinski definition) is 3. The van der Waals surface area contributed by atoms with Crippen LogP contribution in [0.3, 0.4) is 0 Å². The van der Waals surface area contributed by atoms with Crippen molar-refractivity contribution in [2.24, 2.45) is 0 Å². The van der Waals surface area contributed by atoms with E-state index in [9.17, 15) is 18.4 Å². The monoisotopic (exact) mass is 411 g/mol. The van der Waals surface area contributed by atoms with Crippen molar-refractivity contribution in [2.75, 3.05) is 6.61 Å². The molecule has 0 aliphatic carbocycles. The Balaban J connectivity index is 2.03. The Morgan fingerprint density at radius 3 is 2.63 bits per heavy atom. The molecule has 0 bridgehead atoms. The Morgan fingerprint density at radius 2 is 1.97 bits per heavy atom. The number of nitrogens with zero attached hydrogens (tertiary/aromatic N) is 1. The molecule has 1 atom stereocenters. The van der Waals surface area contributed by atoms with E-state index in [0.717, 1.165) is 23.3 Å². The molecular weight excluding hydrogens is 388 g/mol. The molecule has 1 heterocycles. The van der Waals surface area contributed by atoms with Gasteiger partial charge in [-0.15, -0.1) is 0 Å². The second-order valence-corrected chi connectivity index (χ2v) is 7.29. The second-order valence-electron chi connectivity index (χ2n) is 7.29. The topological polar surface area (TPSA) is 46.6 Å². The molecule has 1 aliphatic rings. The van der Waals surface area contributed by atoms with Gasteiger partial charge in [-0.1, -0.05) is 48.6 Å². The maximum Gasteiger partial charge on any atom is 0.336 e. The minimum atomic E-state index is -0.984. The Labute approximate surface area is 174 Å². The highest BCUT2D eigenvalue weighted by Gasteiger charge is 2.37. The minimum Gasteiger partial charge on any atom is -0.458 e. The molecule has 1 amide bonds. The standard InChI is InChI=1S/C24H23F2NO3/c1-4-10-30-24(29)23-16(3)27(14-17-8-9-20(25)21(26)12-17)22(28)13-19(23)18-7-5-6-15(2)11-18/h4-9,11-12,19H,1,10,13-14H2,2-3H3. The third-order valence-electron chi connectivity index (χ3n) is 5.14. The molecule has 0 spiro atoms. The van der Waals surface area contributed by atoms with E-state index in [2.05, 4.69) is 6.58 Å². The Morgan fingerprint density at radius 1 is 1.20 bits per heavy atom. The van der Waals surface area contributed by atoms with E-state index >= 15 is 0 Å². The minimum absolute atomic E-state index is 0.0284. The van der Waals surface area contributed by atoms with Crippen molar-refractivity contribution in [2.45, 2.75) is 32.7 Å². The van der Waals surface area contributed by atoms with Crippen molar-refractivity contribution >= 4 is 11.9 Å². The van der Waals surface area contributed by atoms with Gasteiger partial charge in [-0.2, -0.15) is 0 Å². The zero-order valence-corrected chi connectivity index (χ0v) is 17.0. The number of aryl methyl sites for hydroxylation is 1. The number of hydrogen-bond donors (Lipinski definition) is 0. The average Bonchev–Trinajstić information content (AvgIpc) is 2.71. The van der Waals surface area contributed by atoms with Crippen LogP contribution in [0.5, 0.6) is 0 Å². The van der Waals surface area contributed by atoms with E-state index in [-0.39, 0.29) is 25.5 Å². The molecule has 4 nitrogen and oxygen atoms in total. The van der Waals surface area contributed by atoms with Crippen molar-refractivity contribution in [3.8, 4) is 0 Å². The molecule has 0 saturated carbocycles. The predicted octanol–water partition coefficient (Wildman–Crippen LogP) is 4.79. The predicted molar refractivity (Wildman–Crippen MR) is 109 cm³/mol. The Bertz CT molecular complexity index is 1030. The first kappa shape index (κ1) is 21.4. The first-order valence-corrected chi connectivity index (χ1v) is 9.61. The van der Waals surface area contributed by atoms with Crippen LogP contribution in [0, 0.1) is 18.6 Å². The lowest BCUT2D eigenvalue weighted by molar-refractivity contribution is -0.139. The summed E-state index contributed by atoms with van der Waals surface area (Å²) in [5, 5.41) is 0. The molecule has 30 heavy (non-hydrogen) atoms. The molecule has 0 fully saturated rings. The van der Waals surface area contributed by atoms with Gasteiger partial charge in [-0.3, -0.25) is 4.79 Å². The fraction of sp³-hybridized carbons (Fsp3) is 0.250. The smallest absolute Gasteiger partial charge is 0.336 e. The first-order chi connectivity index (χ1) is 14.3. The van der Waals surface area contributed by atoms with Gasteiger partial charge in [0, 0.05) is 18.0 Å². The second kappa shape index (κ2) is 9.03. The average molecular weight is 411 g/mol. The fourth-order valence-corrected chi connectivity index (χ4v) is 3.67. The van der Waals surface area contributed by atoms with Gasteiger partial charge >= 0.3 is 5.97 Å². The number of rotatable bonds is 6. The lowest BCUT2D eigenvalue weighted by Gasteiger charge is -2.34. The molecule has 0 aromatic heterocycles. The van der Waals surface area contributed by atoms with Gasteiger partial charge in [0.25, 0.3) is 0 Å². The summed E-state index contributed by atoms with van der Waals surface area (Å²) in [7, 11) is 0. The van der Waals surface area contributed by atoms with Gasteiger partial charge in [0.05, 0.1) is 12.1 Å². The summed E-state index contributed by atoms with van der Waals surface area (Å²) in [4.78, 5) is 27.3. The number of benzene rings is 2. The summed E-state index contributed by atoms with van der Waals surface area (Å²) in [6.45, 7) is 7.25. The van der Waals surface area contributed by atoms with Crippen molar-refractivity contribution in [1.82, 2.24) is 4.90 Å². The lowest BCUT2D eigenvalue weighted by Crippen LogP contribution is -2.38. The van der Waals surface area contributed by atoms with Gasteiger partial charge in [-0.25, -0.2) is 13.6 Å². The summed E-state index contributed by atoms with van der Waals surface area (Å²) >= 11 is 0. The van der Waals surface area contributed by atoms with Crippen molar-refractivity contribution in [1.29, 1.82) is 0 Å². The first-order valence-electron chi connectivity index (χ1n) is 9.61. The third-order valence-corrected chi connectivity index (χ3v) is 5.14. The molecule has 0 N–H and O–H groups in total. The number of allylic oxidation sites excluding steroid dienone is 1. The fourth-order valence-electron chi connectivity index (χ4n) is 3.67. The number of amides is 1. The molecule has 0 radical (unpaired) electrons. The molecule has 2 aromatic carbocycles. The third kappa shape index (κ3) is 4.48. The zero-order chi connectivity index (χ0) is 21.8. The van der Waals surface area contributed by atoms with Crippen molar-refractivity contribution < 1.29 is 23.1 Å². The number of carbonyl (C=O) groups is 2. The number of ether oxygens (including phenoxy) is 1. The van der Waals surface area contributed by atoms with Crippen molar-refractivity contribution in [3.63, 3.8) is 0 Å². The quantitative estimate of drug-likeness (QED) is 0.507. The lowest BCUT2D eigenvalue weighted by atomic mass is 9.83. The van der Waals surface area contributed by atoms with Crippen LogP contribution in [-0.4, -0.2) is 23.4 Å². The number of esters is 1. The van der Waals surface area contributed by atoms with E-state index in [1.807, 2.05) is 31.2 Å². The summed E-state index contributed by atoms with van der Waals surface area (Å²) in [5.74, 6) is -3.12. The van der Waals surface area contributed by atoms with E-state index in [1.165, 1.54) is 17.0 Å². The maximum absolute atomic E-state index is 13.6. The molecule has 6 heteroatoms. The van der Waals surface area contributed by atoms with E-state index < -0.39 is 23.5 Å². The Hall–Kier alpha value is -3.28. The molecule has 2 aromatic rings. The number of carbonyl (C=O) groups excluding carboxylic acids is 2. The van der Waals surface area contributed by atoms with Crippen LogP contribution in [-0.2, 0) is 20.9 Å². The molecular formula is C24H23F2NO3.